The summed E-state index contributed by atoms with van der Waals surface area (Å²) in [6.45, 7) is 3.01. The van der Waals surface area contributed by atoms with Gasteiger partial charge in [-0.2, -0.15) is 0 Å². The van der Waals surface area contributed by atoms with Crippen LogP contribution in [-0.2, 0) is 13.1 Å². The van der Waals surface area contributed by atoms with Crippen LogP contribution in [0.5, 0.6) is 5.75 Å². The van der Waals surface area contributed by atoms with Crippen molar-refractivity contribution in [2.75, 3.05) is 19.0 Å². The molecule has 1 aliphatic heterocycles. The van der Waals surface area contributed by atoms with E-state index in [1.807, 2.05) is 12.1 Å². The largest absolute Gasteiger partial charge is 0.497 e. The minimum atomic E-state index is -0.135. The number of amides is 1. The smallest absolute Gasteiger partial charge is 0.255 e. The van der Waals surface area contributed by atoms with E-state index in [2.05, 4.69) is 20.9 Å². The first kappa shape index (κ1) is 19.1. The molecular formula is C24H28N4O2. The fourth-order valence-electron chi connectivity index (χ4n) is 4.82. The number of ether oxygens (including phenoxy) is 1. The number of carbonyl (C=O) groups excluding carboxylic acids is 1. The fourth-order valence-corrected chi connectivity index (χ4v) is 4.82. The van der Waals surface area contributed by atoms with Crippen LogP contribution >= 0.6 is 0 Å². The normalized spacial score (nSPS) is 17.6. The van der Waals surface area contributed by atoms with E-state index < -0.39 is 0 Å². The fraction of sp³-hybridized carbons (Fsp3) is 0.417. The Morgan fingerprint density at radius 2 is 1.87 bits per heavy atom. The Balaban J connectivity index is 1.33. The number of nitrogens with one attached hydrogen (secondary N) is 1. The molecule has 1 saturated carbocycles. The van der Waals surface area contributed by atoms with Gasteiger partial charge in [0.2, 0.25) is 0 Å². The molecule has 1 amide bonds. The molecule has 0 bridgehead atoms. The van der Waals surface area contributed by atoms with Gasteiger partial charge in [-0.25, -0.2) is 4.98 Å². The molecule has 2 aromatic carbocycles. The van der Waals surface area contributed by atoms with Crippen LogP contribution in [0.25, 0.3) is 11.0 Å². The molecule has 1 aromatic heterocycles. The summed E-state index contributed by atoms with van der Waals surface area (Å²) in [5.41, 5.74) is 3.46. The van der Waals surface area contributed by atoms with E-state index in [9.17, 15) is 4.79 Å². The maximum Gasteiger partial charge on any atom is 0.255 e. The third-order valence-corrected chi connectivity index (χ3v) is 6.48. The quantitative estimate of drug-likeness (QED) is 0.698. The molecule has 0 atom stereocenters. The molecule has 1 N–H and O–H groups in total. The molecule has 6 heteroatoms. The SMILES string of the molecule is COc1ccc(C(=O)Nc2ccc3c(c2)nc2n3CCN(C3CCCCC3)C2)cc1. The van der Waals surface area contributed by atoms with Crippen molar-refractivity contribution >= 4 is 22.6 Å². The Kier molecular flexibility index (Phi) is 5.17. The number of fused-ring (bicyclic) bond motifs is 3. The Hall–Kier alpha value is -2.86. The van der Waals surface area contributed by atoms with Crippen molar-refractivity contribution in [3.05, 3.63) is 53.9 Å². The summed E-state index contributed by atoms with van der Waals surface area (Å²) in [7, 11) is 1.61. The minimum Gasteiger partial charge on any atom is -0.497 e. The number of hydrogen-bond donors (Lipinski definition) is 1. The molecule has 30 heavy (non-hydrogen) atoms. The molecule has 1 fully saturated rings. The van der Waals surface area contributed by atoms with Crippen molar-refractivity contribution < 1.29 is 9.53 Å². The molecular weight excluding hydrogens is 376 g/mol. The lowest BCUT2D eigenvalue weighted by atomic mass is 9.94. The summed E-state index contributed by atoms with van der Waals surface area (Å²) >= 11 is 0. The van der Waals surface area contributed by atoms with Crippen molar-refractivity contribution in [2.24, 2.45) is 0 Å². The lowest BCUT2D eigenvalue weighted by Crippen LogP contribution is -2.42. The van der Waals surface area contributed by atoms with Crippen LogP contribution in [0.1, 0.15) is 48.3 Å². The number of imidazole rings is 1. The molecule has 0 radical (unpaired) electrons. The van der Waals surface area contributed by atoms with E-state index in [1.165, 1.54) is 32.1 Å². The third-order valence-electron chi connectivity index (χ3n) is 6.48. The molecule has 0 unspecified atom stereocenters. The van der Waals surface area contributed by atoms with Gasteiger partial charge in [-0.15, -0.1) is 0 Å². The molecule has 0 saturated heterocycles. The van der Waals surface area contributed by atoms with Crippen molar-refractivity contribution in [3.63, 3.8) is 0 Å². The van der Waals surface area contributed by atoms with E-state index in [0.717, 1.165) is 47.9 Å². The number of nitrogens with zero attached hydrogens (tertiary/aromatic N) is 3. The highest BCUT2D eigenvalue weighted by molar-refractivity contribution is 6.05. The van der Waals surface area contributed by atoms with Gasteiger partial charge in [-0.1, -0.05) is 19.3 Å². The lowest BCUT2D eigenvalue weighted by Gasteiger charge is -2.36. The first-order chi connectivity index (χ1) is 14.7. The third kappa shape index (κ3) is 3.67. The van der Waals surface area contributed by atoms with Crippen LogP contribution in [0.2, 0.25) is 0 Å². The van der Waals surface area contributed by atoms with Crippen molar-refractivity contribution in [3.8, 4) is 5.75 Å². The van der Waals surface area contributed by atoms with E-state index >= 15 is 0 Å². The van der Waals surface area contributed by atoms with Crippen LogP contribution < -0.4 is 10.1 Å². The van der Waals surface area contributed by atoms with Gasteiger partial charge in [0.1, 0.15) is 11.6 Å². The highest BCUT2D eigenvalue weighted by atomic mass is 16.5. The van der Waals surface area contributed by atoms with Gasteiger partial charge in [0.15, 0.2) is 0 Å². The number of anilines is 1. The molecule has 3 aromatic rings. The second kappa shape index (κ2) is 8.11. The highest BCUT2D eigenvalue weighted by Gasteiger charge is 2.26. The topological polar surface area (TPSA) is 59.4 Å². The Morgan fingerprint density at radius 1 is 1.07 bits per heavy atom. The number of methoxy groups -OCH3 is 1. The summed E-state index contributed by atoms with van der Waals surface area (Å²) in [5.74, 6) is 1.74. The van der Waals surface area contributed by atoms with Gasteiger partial charge in [-0.3, -0.25) is 9.69 Å². The number of hydrogen-bond acceptors (Lipinski definition) is 4. The van der Waals surface area contributed by atoms with E-state index in [4.69, 9.17) is 9.72 Å². The van der Waals surface area contributed by atoms with E-state index in [1.54, 1.807) is 31.4 Å². The van der Waals surface area contributed by atoms with Crippen molar-refractivity contribution in [1.29, 1.82) is 0 Å². The van der Waals surface area contributed by atoms with Gasteiger partial charge < -0.3 is 14.6 Å². The summed E-state index contributed by atoms with van der Waals surface area (Å²) < 4.78 is 7.49. The monoisotopic (exact) mass is 404 g/mol. The molecule has 6 nitrogen and oxygen atoms in total. The van der Waals surface area contributed by atoms with Crippen LogP contribution in [0.15, 0.2) is 42.5 Å². The van der Waals surface area contributed by atoms with E-state index in [0.29, 0.717) is 11.6 Å². The number of carbonyl (C=O) groups is 1. The Labute approximate surface area is 176 Å². The Morgan fingerprint density at radius 3 is 2.63 bits per heavy atom. The molecule has 2 aliphatic rings. The molecule has 1 aliphatic carbocycles. The van der Waals surface area contributed by atoms with Crippen LogP contribution in [0, 0.1) is 0 Å². The highest BCUT2D eigenvalue weighted by Crippen LogP contribution is 2.29. The summed E-state index contributed by atoms with van der Waals surface area (Å²) in [6.07, 6.45) is 6.74. The molecule has 5 rings (SSSR count). The maximum absolute atomic E-state index is 12.6. The zero-order chi connectivity index (χ0) is 20.5. The van der Waals surface area contributed by atoms with E-state index in [-0.39, 0.29) is 5.91 Å². The zero-order valence-corrected chi connectivity index (χ0v) is 17.4. The van der Waals surface area contributed by atoms with Gasteiger partial charge in [0, 0.05) is 30.4 Å². The van der Waals surface area contributed by atoms with Gasteiger partial charge in [0.25, 0.3) is 5.91 Å². The number of aromatic nitrogens is 2. The first-order valence-corrected chi connectivity index (χ1v) is 10.9. The van der Waals surface area contributed by atoms with Gasteiger partial charge in [-0.05, 0) is 55.3 Å². The molecule has 2 heterocycles. The average molecular weight is 405 g/mol. The minimum absolute atomic E-state index is 0.135. The Bertz CT molecular complexity index is 1050. The van der Waals surface area contributed by atoms with Crippen LogP contribution in [0.3, 0.4) is 0 Å². The van der Waals surface area contributed by atoms with Gasteiger partial charge >= 0.3 is 0 Å². The maximum atomic E-state index is 12.6. The zero-order valence-electron chi connectivity index (χ0n) is 17.4. The molecule has 156 valence electrons. The number of benzene rings is 2. The standard InChI is InChI=1S/C24H28N4O2/c1-30-20-10-7-17(8-11-20)24(29)25-18-9-12-22-21(15-18)26-23-16-27(13-14-28(22)23)19-5-3-2-4-6-19/h7-12,15,19H,2-6,13-14,16H2,1H3,(H,25,29). The van der Waals surface area contributed by atoms with Gasteiger partial charge in [0.05, 0.1) is 24.7 Å². The first-order valence-electron chi connectivity index (χ1n) is 10.9. The predicted molar refractivity (Wildman–Crippen MR) is 118 cm³/mol. The predicted octanol–water partition coefficient (Wildman–Crippen LogP) is 4.45. The lowest BCUT2D eigenvalue weighted by molar-refractivity contribution is 0.102. The summed E-state index contributed by atoms with van der Waals surface area (Å²) in [5, 5.41) is 2.99. The van der Waals surface area contributed by atoms with Crippen molar-refractivity contribution in [2.45, 2.75) is 51.2 Å². The number of rotatable bonds is 4. The second-order valence-corrected chi connectivity index (χ2v) is 8.33. The average Bonchev–Trinajstić information content (AvgIpc) is 3.16. The second-order valence-electron chi connectivity index (χ2n) is 8.33. The van der Waals surface area contributed by atoms with Crippen molar-refractivity contribution in [1.82, 2.24) is 14.5 Å². The van der Waals surface area contributed by atoms with Crippen LogP contribution in [-0.4, -0.2) is 40.1 Å². The summed E-state index contributed by atoms with van der Waals surface area (Å²) in [6, 6.07) is 13.8. The molecule has 0 spiro atoms. The summed E-state index contributed by atoms with van der Waals surface area (Å²) in [4.78, 5) is 20.1. The van der Waals surface area contributed by atoms with Crippen LogP contribution in [0.4, 0.5) is 5.69 Å².